The molecule has 0 atom stereocenters. The summed E-state index contributed by atoms with van der Waals surface area (Å²) in [6.45, 7) is 0. The molecule has 1 heterocycles. The molecule has 0 amide bonds. The molecule has 0 aromatic carbocycles. The van der Waals surface area contributed by atoms with Crippen molar-refractivity contribution >= 4 is 44.4 Å². The van der Waals surface area contributed by atoms with E-state index in [9.17, 15) is 13.6 Å². The van der Waals surface area contributed by atoms with Gasteiger partial charge in [0.05, 0.1) is 15.1 Å². The summed E-state index contributed by atoms with van der Waals surface area (Å²) in [6.07, 6.45) is -1.84. The van der Waals surface area contributed by atoms with E-state index >= 15 is 0 Å². The number of rotatable bonds is 2. The lowest BCUT2D eigenvalue weighted by Crippen LogP contribution is -1.99. The van der Waals surface area contributed by atoms with Crippen molar-refractivity contribution < 1.29 is 13.6 Å². The lowest BCUT2D eigenvalue weighted by molar-refractivity contribution is 0.108. The topological polar surface area (TPSA) is 30.0 Å². The van der Waals surface area contributed by atoms with Gasteiger partial charge in [0.15, 0.2) is 0 Å². The Morgan fingerprint density at radius 1 is 1.57 bits per heavy atom. The molecule has 0 spiro atoms. The minimum atomic E-state index is -2.76. The van der Waals surface area contributed by atoms with E-state index in [0.717, 1.165) is 6.20 Å². The smallest absolute Gasteiger partial charge is 0.275 e. The van der Waals surface area contributed by atoms with E-state index in [4.69, 9.17) is 23.2 Å². The predicted molar refractivity (Wildman–Crippen MR) is 52.1 cm³/mol. The number of aromatic nitrogens is 1. The molecule has 0 bridgehead atoms. The molecule has 76 valence electrons. The number of nitrogens with zero attached hydrogens (tertiary/aromatic N) is 1. The first kappa shape index (κ1) is 11.8. The van der Waals surface area contributed by atoms with E-state index < -0.39 is 17.4 Å². The number of alkyl halides is 2. The van der Waals surface area contributed by atoms with Crippen molar-refractivity contribution in [2.45, 2.75) is 6.43 Å². The minimum absolute atomic E-state index is 0.107. The average molecular weight is 305 g/mol. The number of hydrogen-bond acceptors (Lipinski definition) is 2. The van der Waals surface area contributed by atoms with E-state index in [1.807, 2.05) is 0 Å². The van der Waals surface area contributed by atoms with Crippen molar-refractivity contribution in [1.82, 2.24) is 4.98 Å². The maximum atomic E-state index is 12.3. The van der Waals surface area contributed by atoms with Crippen LogP contribution in [0, 0.1) is 0 Å². The van der Waals surface area contributed by atoms with Crippen molar-refractivity contribution in [3.05, 3.63) is 26.9 Å². The summed E-state index contributed by atoms with van der Waals surface area (Å²) in [4.78, 5) is 14.1. The van der Waals surface area contributed by atoms with Gasteiger partial charge < -0.3 is 0 Å². The lowest BCUT2D eigenvalue weighted by Gasteiger charge is -2.05. The van der Waals surface area contributed by atoms with Gasteiger partial charge in [-0.15, -0.1) is 0 Å². The summed E-state index contributed by atoms with van der Waals surface area (Å²) in [5, 5.41) is -1.00. The Morgan fingerprint density at radius 2 is 2.14 bits per heavy atom. The fourth-order valence-corrected chi connectivity index (χ4v) is 1.68. The molecule has 0 aliphatic heterocycles. The third-order valence-corrected chi connectivity index (χ3v) is 3.03. The van der Waals surface area contributed by atoms with Gasteiger partial charge in [-0.2, -0.15) is 0 Å². The summed E-state index contributed by atoms with van der Waals surface area (Å²) in [6, 6.07) is 0. The Morgan fingerprint density at radius 3 is 2.57 bits per heavy atom. The van der Waals surface area contributed by atoms with Crippen LogP contribution in [-0.4, -0.2) is 10.2 Å². The first-order valence-corrected chi connectivity index (χ1v) is 4.82. The standard InChI is InChI=1S/C7H2BrCl2F2NO/c8-3-4(9)2(6(10)14)1-13-5(3)7(11)12/h1,7H. The molecule has 1 aromatic rings. The molecular weight excluding hydrogens is 303 g/mol. The number of pyridine rings is 1. The maximum absolute atomic E-state index is 12.3. The van der Waals surface area contributed by atoms with E-state index in [1.54, 1.807) is 0 Å². The SMILES string of the molecule is O=C(Cl)c1cnc(C(F)F)c(Br)c1Cl. The fourth-order valence-electron chi connectivity index (χ4n) is 0.767. The summed E-state index contributed by atoms with van der Waals surface area (Å²) >= 11 is 13.6. The highest BCUT2D eigenvalue weighted by Crippen LogP contribution is 2.33. The number of carbonyl (C=O) groups excluding carboxylic acids is 1. The molecule has 1 rings (SSSR count). The molecule has 0 unspecified atom stereocenters. The zero-order valence-corrected chi connectivity index (χ0v) is 9.50. The predicted octanol–water partition coefficient (Wildman–Crippen LogP) is 3.81. The largest absolute Gasteiger partial charge is 0.281 e. The fraction of sp³-hybridized carbons (Fsp3) is 0.143. The number of hydrogen-bond donors (Lipinski definition) is 0. The van der Waals surface area contributed by atoms with Gasteiger partial charge >= 0.3 is 0 Å². The van der Waals surface area contributed by atoms with Crippen molar-refractivity contribution in [3.63, 3.8) is 0 Å². The van der Waals surface area contributed by atoms with Crippen molar-refractivity contribution in [2.75, 3.05) is 0 Å². The van der Waals surface area contributed by atoms with Gasteiger partial charge in [0.25, 0.3) is 11.7 Å². The van der Waals surface area contributed by atoms with Crippen LogP contribution in [0.5, 0.6) is 0 Å². The molecule has 0 saturated heterocycles. The minimum Gasteiger partial charge on any atom is -0.275 e. The van der Waals surface area contributed by atoms with Gasteiger partial charge in [-0.25, -0.2) is 8.78 Å². The second-order valence-corrected chi connectivity index (χ2v) is 3.77. The molecule has 0 aliphatic rings. The number of carbonyl (C=O) groups is 1. The highest BCUT2D eigenvalue weighted by atomic mass is 79.9. The molecule has 0 N–H and O–H groups in total. The Kier molecular flexibility index (Phi) is 3.80. The molecule has 0 fully saturated rings. The Labute approximate surface area is 96.3 Å². The third-order valence-electron chi connectivity index (χ3n) is 1.41. The average Bonchev–Trinajstić information content (AvgIpc) is 2.08. The molecule has 0 aliphatic carbocycles. The zero-order valence-electron chi connectivity index (χ0n) is 6.40. The highest BCUT2D eigenvalue weighted by molar-refractivity contribution is 9.10. The summed E-state index contributed by atoms with van der Waals surface area (Å²) < 4.78 is 24.4. The number of halogens is 5. The van der Waals surface area contributed by atoms with Gasteiger partial charge in [-0.3, -0.25) is 9.78 Å². The summed E-state index contributed by atoms with van der Waals surface area (Å²) in [7, 11) is 0. The molecule has 7 heteroatoms. The Bertz CT molecular complexity index is 386. The third kappa shape index (κ3) is 2.21. The van der Waals surface area contributed by atoms with Crippen molar-refractivity contribution in [1.29, 1.82) is 0 Å². The zero-order chi connectivity index (χ0) is 10.9. The first-order chi connectivity index (χ1) is 6.45. The van der Waals surface area contributed by atoms with Gasteiger partial charge in [-0.1, -0.05) is 11.6 Å². The van der Waals surface area contributed by atoms with Gasteiger partial charge in [0.1, 0.15) is 5.69 Å². The van der Waals surface area contributed by atoms with Crippen LogP contribution in [0.4, 0.5) is 8.78 Å². The van der Waals surface area contributed by atoms with Crippen LogP contribution in [0.1, 0.15) is 22.5 Å². The Balaban J connectivity index is 3.33. The van der Waals surface area contributed by atoms with Gasteiger partial charge in [-0.05, 0) is 27.5 Å². The molecule has 0 saturated carbocycles. The van der Waals surface area contributed by atoms with Gasteiger partial charge in [0, 0.05) is 6.20 Å². The van der Waals surface area contributed by atoms with Crippen LogP contribution >= 0.6 is 39.1 Å². The highest BCUT2D eigenvalue weighted by Gasteiger charge is 2.20. The van der Waals surface area contributed by atoms with Crippen LogP contribution in [-0.2, 0) is 0 Å². The quantitative estimate of drug-likeness (QED) is 0.778. The summed E-state index contributed by atoms with van der Waals surface area (Å²) in [5.74, 6) is 0. The van der Waals surface area contributed by atoms with E-state index in [0.29, 0.717) is 0 Å². The second-order valence-electron chi connectivity index (χ2n) is 2.26. The molecule has 1 aromatic heterocycles. The normalized spacial score (nSPS) is 10.7. The molecule has 14 heavy (non-hydrogen) atoms. The second kappa shape index (κ2) is 4.51. The molecule has 0 radical (unpaired) electrons. The Hall–Kier alpha value is -0.260. The maximum Gasteiger partial charge on any atom is 0.281 e. The van der Waals surface area contributed by atoms with E-state index in [-0.39, 0.29) is 15.1 Å². The summed E-state index contributed by atoms with van der Waals surface area (Å²) in [5.41, 5.74) is -0.624. The van der Waals surface area contributed by atoms with Crippen LogP contribution in [0.15, 0.2) is 10.7 Å². The van der Waals surface area contributed by atoms with Crippen LogP contribution in [0.2, 0.25) is 5.02 Å². The van der Waals surface area contributed by atoms with Crippen molar-refractivity contribution in [2.24, 2.45) is 0 Å². The van der Waals surface area contributed by atoms with Crippen LogP contribution in [0.3, 0.4) is 0 Å². The van der Waals surface area contributed by atoms with Crippen molar-refractivity contribution in [3.8, 4) is 0 Å². The van der Waals surface area contributed by atoms with Crippen LogP contribution in [0.25, 0.3) is 0 Å². The lowest BCUT2D eigenvalue weighted by atomic mass is 10.2. The van der Waals surface area contributed by atoms with Crippen LogP contribution < -0.4 is 0 Å². The van der Waals surface area contributed by atoms with E-state index in [2.05, 4.69) is 20.9 Å². The first-order valence-electron chi connectivity index (χ1n) is 3.27. The monoisotopic (exact) mass is 303 g/mol. The molecule has 2 nitrogen and oxygen atoms in total. The molecular formula is C7H2BrCl2F2NO. The van der Waals surface area contributed by atoms with E-state index in [1.165, 1.54) is 0 Å². The van der Waals surface area contributed by atoms with Gasteiger partial charge in [0.2, 0.25) is 0 Å².